The zero-order chi connectivity index (χ0) is 13.8. The molecule has 0 atom stereocenters. The van der Waals surface area contributed by atoms with E-state index in [1.165, 1.54) is 24.6 Å². The molecular formula is C11H9ClN4O3. The van der Waals surface area contributed by atoms with Crippen LogP contribution in [0.25, 0.3) is 11.9 Å². The van der Waals surface area contributed by atoms with Crippen molar-refractivity contribution in [2.75, 3.05) is 0 Å². The lowest BCUT2D eigenvalue weighted by molar-refractivity contribution is 0.0687. The highest BCUT2D eigenvalue weighted by Gasteiger charge is 2.17. The minimum absolute atomic E-state index is 0.0720. The van der Waals surface area contributed by atoms with Gasteiger partial charge in [-0.3, -0.25) is 0 Å². The Morgan fingerprint density at radius 3 is 3.00 bits per heavy atom. The van der Waals surface area contributed by atoms with Gasteiger partial charge in [-0.05, 0) is 18.2 Å². The van der Waals surface area contributed by atoms with Crippen LogP contribution in [0.1, 0.15) is 16.2 Å². The van der Waals surface area contributed by atoms with Crippen molar-refractivity contribution in [2.24, 2.45) is 5.90 Å². The van der Waals surface area contributed by atoms with Crippen LogP contribution in [-0.2, 0) is 4.84 Å². The lowest BCUT2D eigenvalue weighted by Crippen LogP contribution is -2.09. The van der Waals surface area contributed by atoms with Crippen LogP contribution in [0.3, 0.4) is 0 Å². The lowest BCUT2D eigenvalue weighted by atomic mass is 10.3. The SMILES string of the molecule is NO/C=C/c1cc(C(=O)O)n(-c2ncccc2Cl)n1. The Kier molecular flexibility index (Phi) is 3.79. The first-order chi connectivity index (χ1) is 9.13. The molecular weight excluding hydrogens is 272 g/mol. The van der Waals surface area contributed by atoms with Gasteiger partial charge in [-0.15, -0.1) is 0 Å². The quantitative estimate of drug-likeness (QED) is 0.649. The third kappa shape index (κ3) is 2.72. The van der Waals surface area contributed by atoms with Gasteiger partial charge in [0.25, 0.3) is 0 Å². The molecule has 0 aliphatic carbocycles. The van der Waals surface area contributed by atoms with Crippen LogP contribution in [-0.4, -0.2) is 25.8 Å². The summed E-state index contributed by atoms with van der Waals surface area (Å²) >= 11 is 5.97. The maximum atomic E-state index is 11.2. The van der Waals surface area contributed by atoms with Gasteiger partial charge in [0.1, 0.15) is 6.26 Å². The smallest absolute Gasteiger partial charge is 0.354 e. The summed E-state index contributed by atoms with van der Waals surface area (Å²) in [5.41, 5.74) is 0.279. The molecule has 0 aliphatic heterocycles. The maximum absolute atomic E-state index is 11.2. The molecule has 0 saturated heterocycles. The van der Waals surface area contributed by atoms with E-state index >= 15 is 0 Å². The number of carboxylic acids is 1. The Labute approximate surface area is 112 Å². The van der Waals surface area contributed by atoms with Crippen molar-refractivity contribution < 1.29 is 14.7 Å². The van der Waals surface area contributed by atoms with E-state index in [9.17, 15) is 4.79 Å². The van der Waals surface area contributed by atoms with Crippen LogP contribution in [0.5, 0.6) is 0 Å². The zero-order valence-corrected chi connectivity index (χ0v) is 10.3. The highest BCUT2D eigenvalue weighted by molar-refractivity contribution is 6.32. The van der Waals surface area contributed by atoms with Gasteiger partial charge in [0.15, 0.2) is 11.5 Å². The predicted octanol–water partition coefficient (Wildman–Crippen LogP) is 1.48. The summed E-state index contributed by atoms with van der Waals surface area (Å²) in [6.45, 7) is 0. The first kappa shape index (κ1) is 13.1. The van der Waals surface area contributed by atoms with E-state index < -0.39 is 5.97 Å². The van der Waals surface area contributed by atoms with E-state index in [1.54, 1.807) is 12.1 Å². The summed E-state index contributed by atoms with van der Waals surface area (Å²) in [5.74, 6) is 3.93. The number of pyridine rings is 1. The second kappa shape index (κ2) is 5.51. The molecule has 2 aromatic heterocycles. The molecule has 0 amide bonds. The van der Waals surface area contributed by atoms with Crippen molar-refractivity contribution in [3.63, 3.8) is 0 Å². The number of aromatic carboxylic acids is 1. The first-order valence-corrected chi connectivity index (χ1v) is 5.47. The normalized spacial score (nSPS) is 10.8. The largest absolute Gasteiger partial charge is 0.477 e. The Morgan fingerprint density at radius 2 is 2.37 bits per heavy atom. The number of rotatable bonds is 4. The molecule has 19 heavy (non-hydrogen) atoms. The number of nitrogens with two attached hydrogens (primary N) is 1. The molecule has 0 aliphatic rings. The first-order valence-electron chi connectivity index (χ1n) is 5.10. The Morgan fingerprint density at radius 1 is 1.58 bits per heavy atom. The highest BCUT2D eigenvalue weighted by atomic mass is 35.5. The van der Waals surface area contributed by atoms with Crippen LogP contribution in [0.15, 0.2) is 30.7 Å². The molecule has 2 aromatic rings. The van der Waals surface area contributed by atoms with Crippen molar-refractivity contribution in [1.82, 2.24) is 14.8 Å². The van der Waals surface area contributed by atoms with E-state index in [1.807, 2.05) is 0 Å². The van der Waals surface area contributed by atoms with Crippen molar-refractivity contribution >= 4 is 23.6 Å². The number of carbonyl (C=O) groups is 1. The van der Waals surface area contributed by atoms with E-state index in [0.717, 1.165) is 4.68 Å². The van der Waals surface area contributed by atoms with Crippen LogP contribution in [0, 0.1) is 0 Å². The lowest BCUT2D eigenvalue weighted by Gasteiger charge is -2.04. The fraction of sp³-hybridized carbons (Fsp3) is 0. The van der Waals surface area contributed by atoms with Crippen molar-refractivity contribution in [1.29, 1.82) is 0 Å². The predicted molar refractivity (Wildman–Crippen MR) is 67.6 cm³/mol. The molecule has 7 nitrogen and oxygen atoms in total. The van der Waals surface area contributed by atoms with Crippen LogP contribution in [0.2, 0.25) is 5.02 Å². The van der Waals surface area contributed by atoms with Gasteiger partial charge in [0.05, 0.1) is 10.7 Å². The number of aromatic nitrogens is 3. The minimum atomic E-state index is -1.15. The molecule has 2 rings (SSSR count). The van der Waals surface area contributed by atoms with Gasteiger partial charge >= 0.3 is 5.97 Å². The second-order valence-electron chi connectivity index (χ2n) is 3.42. The average molecular weight is 281 g/mol. The van der Waals surface area contributed by atoms with E-state index in [0.29, 0.717) is 10.7 Å². The van der Waals surface area contributed by atoms with Gasteiger partial charge in [0, 0.05) is 12.3 Å². The van der Waals surface area contributed by atoms with Crippen LogP contribution in [0.4, 0.5) is 0 Å². The van der Waals surface area contributed by atoms with E-state index in [-0.39, 0.29) is 11.5 Å². The van der Waals surface area contributed by atoms with Gasteiger partial charge in [-0.25, -0.2) is 14.5 Å². The number of nitrogens with zero attached hydrogens (tertiary/aromatic N) is 3. The number of hydrogen-bond donors (Lipinski definition) is 2. The number of halogens is 1. The van der Waals surface area contributed by atoms with Crippen molar-refractivity contribution in [3.05, 3.63) is 47.1 Å². The molecule has 0 spiro atoms. The Hall–Kier alpha value is -2.38. The van der Waals surface area contributed by atoms with E-state index in [4.69, 9.17) is 22.6 Å². The molecule has 0 radical (unpaired) electrons. The zero-order valence-electron chi connectivity index (χ0n) is 9.52. The summed E-state index contributed by atoms with van der Waals surface area (Å²) < 4.78 is 1.14. The van der Waals surface area contributed by atoms with Crippen LogP contribution < -0.4 is 5.90 Å². The monoisotopic (exact) mass is 280 g/mol. The number of carboxylic acid groups (broad SMARTS) is 1. The molecule has 2 heterocycles. The van der Waals surface area contributed by atoms with Gasteiger partial charge < -0.3 is 9.94 Å². The van der Waals surface area contributed by atoms with Crippen LogP contribution >= 0.6 is 11.6 Å². The summed E-state index contributed by atoms with van der Waals surface area (Å²) in [5, 5.41) is 13.5. The summed E-state index contributed by atoms with van der Waals surface area (Å²) in [6.07, 6.45) is 4.09. The minimum Gasteiger partial charge on any atom is -0.477 e. The highest BCUT2D eigenvalue weighted by Crippen LogP contribution is 2.19. The van der Waals surface area contributed by atoms with Gasteiger partial charge in [0.2, 0.25) is 0 Å². The molecule has 0 bridgehead atoms. The summed E-state index contributed by atoms with van der Waals surface area (Å²) in [6, 6.07) is 4.58. The third-order valence-corrected chi connectivity index (χ3v) is 2.50. The molecule has 8 heteroatoms. The maximum Gasteiger partial charge on any atom is 0.354 e. The fourth-order valence-electron chi connectivity index (χ4n) is 1.44. The third-order valence-electron chi connectivity index (χ3n) is 2.20. The van der Waals surface area contributed by atoms with Gasteiger partial charge in [-0.1, -0.05) is 11.6 Å². The van der Waals surface area contributed by atoms with Crippen molar-refractivity contribution in [3.8, 4) is 5.82 Å². The fourth-order valence-corrected chi connectivity index (χ4v) is 1.64. The Balaban J connectivity index is 2.55. The molecule has 0 unspecified atom stereocenters. The van der Waals surface area contributed by atoms with Crippen molar-refractivity contribution in [2.45, 2.75) is 0 Å². The standard InChI is InChI=1S/C11H9ClN4O3/c12-8-2-1-4-14-10(8)16-9(11(17)18)6-7(15-16)3-5-19-13/h1-6H,13H2,(H,17,18)/b5-3+. The average Bonchev–Trinajstić information content (AvgIpc) is 2.81. The molecule has 3 N–H and O–H groups in total. The molecule has 0 saturated carbocycles. The second-order valence-corrected chi connectivity index (χ2v) is 3.83. The summed E-state index contributed by atoms with van der Waals surface area (Å²) in [7, 11) is 0. The molecule has 0 fully saturated rings. The van der Waals surface area contributed by atoms with E-state index in [2.05, 4.69) is 14.9 Å². The number of hydrogen-bond acceptors (Lipinski definition) is 5. The topological polar surface area (TPSA) is 103 Å². The summed E-state index contributed by atoms with van der Waals surface area (Å²) in [4.78, 5) is 19.5. The Bertz CT molecular complexity index is 639. The van der Waals surface area contributed by atoms with Gasteiger partial charge in [-0.2, -0.15) is 11.0 Å². The molecule has 0 aromatic carbocycles. The molecule has 98 valence electrons.